The van der Waals surface area contributed by atoms with Crippen LogP contribution >= 0.6 is 11.8 Å². The highest BCUT2D eigenvalue weighted by Crippen LogP contribution is 2.31. The highest BCUT2D eigenvalue weighted by Gasteiger charge is 2.30. The van der Waals surface area contributed by atoms with E-state index in [2.05, 4.69) is 33.7 Å². The highest BCUT2D eigenvalue weighted by atomic mass is 32.2. The molecule has 1 saturated carbocycles. The molecule has 2 aliphatic rings. The van der Waals surface area contributed by atoms with Gasteiger partial charge in [-0.05, 0) is 62.7 Å². The zero-order valence-electron chi connectivity index (χ0n) is 19.1. The maximum atomic E-state index is 12.9. The first-order chi connectivity index (χ1) is 15.4. The molecular formula is C25H33N5OS. The number of carbonyl (C=O) groups excluding carboxylic acids is 1. The number of anilines is 1. The average molecular weight is 452 g/mol. The van der Waals surface area contributed by atoms with Crippen LogP contribution in [0.1, 0.15) is 38.2 Å². The highest BCUT2D eigenvalue weighted by molar-refractivity contribution is 8.21. The number of nitrogens with zero attached hydrogens (tertiary/aromatic N) is 3. The molecule has 2 aromatic rings. The maximum absolute atomic E-state index is 12.9. The van der Waals surface area contributed by atoms with Gasteiger partial charge in [0.25, 0.3) is 0 Å². The van der Waals surface area contributed by atoms with Crippen molar-refractivity contribution in [2.45, 2.75) is 38.6 Å². The summed E-state index contributed by atoms with van der Waals surface area (Å²) in [6.07, 6.45) is 5.89. The van der Waals surface area contributed by atoms with E-state index in [1.165, 1.54) is 11.8 Å². The molecule has 6 nitrogen and oxygen atoms in total. The average Bonchev–Trinajstić information content (AvgIpc) is 2.79. The van der Waals surface area contributed by atoms with Gasteiger partial charge >= 0.3 is 0 Å². The van der Waals surface area contributed by atoms with Crippen LogP contribution in [0.5, 0.6) is 0 Å². The molecule has 0 atom stereocenters. The minimum Gasteiger partial charge on any atom is -0.310 e. The fraction of sp³-hybridized carbons (Fsp3) is 0.480. The molecule has 1 aliphatic heterocycles. The Morgan fingerprint density at radius 3 is 2.53 bits per heavy atom. The molecule has 0 spiro atoms. The van der Waals surface area contributed by atoms with Crippen LogP contribution in [0.25, 0.3) is 15.7 Å². The van der Waals surface area contributed by atoms with Gasteiger partial charge in [-0.15, -0.1) is 0 Å². The van der Waals surface area contributed by atoms with Crippen LogP contribution in [0.3, 0.4) is 0 Å². The number of piperazine rings is 1. The third-order valence-electron chi connectivity index (χ3n) is 6.69. The van der Waals surface area contributed by atoms with Crippen LogP contribution in [0, 0.1) is 11.3 Å². The molecule has 7 heteroatoms. The van der Waals surface area contributed by atoms with Crippen molar-refractivity contribution in [2.75, 3.05) is 38.5 Å². The van der Waals surface area contributed by atoms with Gasteiger partial charge < -0.3 is 10.2 Å². The molecule has 2 heterocycles. The van der Waals surface area contributed by atoms with E-state index in [-0.39, 0.29) is 11.8 Å². The molecule has 2 fully saturated rings. The summed E-state index contributed by atoms with van der Waals surface area (Å²) < 4.78 is 0. The lowest BCUT2D eigenvalue weighted by atomic mass is 9.84. The number of hydrogen-bond acceptors (Lipinski definition) is 6. The second-order valence-electron chi connectivity index (χ2n) is 9.05. The number of hydrogen-bond donors (Lipinski definition) is 2. The normalized spacial score (nSPS) is 22.6. The van der Waals surface area contributed by atoms with Gasteiger partial charge in [0, 0.05) is 54.6 Å². The molecule has 170 valence electrons. The second-order valence-corrected chi connectivity index (χ2v) is 10.4. The number of pyridine rings is 1. The van der Waals surface area contributed by atoms with Gasteiger partial charge in [-0.1, -0.05) is 30.5 Å². The number of nitrogens with one attached hydrogen (secondary N) is 2. The Morgan fingerprint density at radius 2 is 1.84 bits per heavy atom. The van der Waals surface area contributed by atoms with Crippen molar-refractivity contribution >= 4 is 44.2 Å². The first kappa shape index (κ1) is 23.0. The summed E-state index contributed by atoms with van der Waals surface area (Å²) in [5.74, 6) is 0.751. The minimum absolute atomic E-state index is 0.0642. The lowest BCUT2D eigenvalue weighted by molar-refractivity contribution is -0.121. The van der Waals surface area contributed by atoms with Gasteiger partial charge in [0.15, 0.2) is 0 Å². The standard InChI is InChI=1S/C25H33N5OS/c1-17(32-18(2)26)20-4-5-21-16-27-24(15-22(21)14-20)28-25(31)19-6-8-23(9-7-19)30-12-10-29(3)11-13-30/h4-5,14-16,19,23,26H,1,6-13H2,2-3H3,(H,27,28,31). The summed E-state index contributed by atoms with van der Waals surface area (Å²) in [6, 6.07) is 8.61. The fourth-order valence-corrected chi connectivity index (χ4v) is 5.36. The molecule has 1 amide bonds. The number of carbonyl (C=O) groups is 1. The smallest absolute Gasteiger partial charge is 0.228 e. The molecule has 2 N–H and O–H groups in total. The van der Waals surface area contributed by atoms with Crippen molar-refractivity contribution in [1.82, 2.24) is 14.8 Å². The lowest BCUT2D eigenvalue weighted by Gasteiger charge is -2.40. The van der Waals surface area contributed by atoms with Crippen LogP contribution in [-0.2, 0) is 4.79 Å². The Bertz CT molecular complexity index is 1010. The van der Waals surface area contributed by atoms with E-state index in [1.807, 2.05) is 24.3 Å². The van der Waals surface area contributed by atoms with Crippen molar-refractivity contribution in [2.24, 2.45) is 5.92 Å². The third-order valence-corrected chi connectivity index (χ3v) is 7.48. The van der Waals surface area contributed by atoms with E-state index < -0.39 is 0 Å². The molecule has 1 aromatic heterocycles. The zero-order valence-corrected chi connectivity index (χ0v) is 19.9. The minimum atomic E-state index is 0.0642. The Hall–Kier alpha value is -2.22. The number of thioether (sulfide) groups is 1. The molecule has 32 heavy (non-hydrogen) atoms. The summed E-state index contributed by atoms with van der Waals surface area (Å²) in [5.41, 5.74) is 0.986. The number of benzene rings is 1. The predicted molar refractivity (Wildman–Crippen MR) is 135 cm³/mol. The van der Waals surface area contributed by atoms with Crippen LogP contribution in [0.4, 0.5) is 5.82 Å². The van der Waals surface area contributed by atoms with Gasteiger partial charge in [-0.25, -0.2) is 4.98 Å². The van der Waals surface area contributed by atoms with Crippen molar-refractivity contribution in [3.05, 3.63) is 42.6 Å². The molecule has 1 aromatic carbocycles. The van der Waals surface area contributed by atoms with Crippen LogP contribution in [0.2, 0.25) is 0 Å². The Morgan fingerprint density at radius 1 is 1.12 bits per heavy atom. The summed E-state index contributed by atoms with van der Waals surface area (Å²) in [7, 11) is 2.19. The monoisotopic (exact) mass is 451 g/mol. The van der Waals surface area contributed by atoms with Gasteiger partial charge in [-0.2, -0.15) is 0 Å². The summed E-state index contributed by atoms with van der Waals surface area (Å²) >= 11 is 1.36. The van der Waals surface area contributed by atoms with E-state index >= 15 is 0 Å². The van der Waals surface area contributed by atoms with Crippen molar-refractivity contribution < 1.29 is 4.79 Å². The quantitative estimate of drug-likeness (QED) is 0.510. The summed E-state index contributed by atoms with van der Waals surface area (Å²) in [6.45, 7) is 10.4. The fourth-order valence-electron chi connectivity index (χ4n) is 4.75. The van der Waals surface area contributed by atoms with Crippen molar-refractivity contribution in [3.8, 4) is 0 Å². The first-order valence-electron chi connectivity index (χ1n) is 11.4. The van der Waals surface area contributed by atoms with Crippen molar-refractivity contribution in [1.29, 1.82) is 5.41 Å². The largest absolute Gasteiger partial charge is 0.310 e. The third kappa shape index (κ3) is 5.57. The second kappa shape index (κ2) is 10.1. The summed E-state index contributed by atoms with van der Waals surface area (Å²) in [4.78, 5) is 23.2. The van der Waals surface area contributed by atoms with Gasteiger partial charge in [0.1, 0.15) is 5.82 Å². The van der Waals surface area contributed by atoms with E-state index in [1.54, 1.807) is 13.1 Å². The first-order valence-corrected chi connectivity index (χ1v) is 12.3. The number of amides is 1. The number of likely N-dealkylation sites (N-methyl/N-ethyl adjacent to an activating group) is 1. The van der Waals surface area contributed by atoms with E-state index in [4.69, 9.17) is 5.41 Å². The van der Waals surface area contributed by atoms with Crippen LogP contribution < -0.4 is 5.32 Å². The number of aromatic nitrogens is 1. The van der Waals surface area contributed by atoms with Crippen molar-refractivity contribution in [3.63, 3.8) is 0 Å². The van der Waals surface area contributed by atoms with E-state index in [0.717, 1.165) is 73.1 Å². The SMILES string of the molecule is C=C(SC(C)=N)c1ccc2cnc(NC(=O)C3CCC(N4CCN(C)CC4)CC3)cc2c1. The Balaban J connectivity index is 1.36. The van der Waals surface area contributed by atoms with E-state index in [9.17, 15) is 4.79 Å². The summed E-state index contributed by atoms with van der Waals surface area (Å²) in [5, 5.41) is 13.3. The lowest BCUT2D eigenvalue weighted by Crippen LogP contribution is -2.50. The van der Waals surface area contributed by atoms with Crippen LogP contribution in [0.15, 0.2) is 37.0 Å². The zero-order chi connectivity index (χ0) is 22.7. The predicted octanol–water partition coefficient (Wildman–Crippen LogP) is 4.68. The molecule has 4 rings (SSSR count). The van der Waals surface area contributed by atoms with Crippen LogP contribution in [-0.4, -0.2) is 65.0 Å². The van der Waals surface area contributed by atoms with Gasteiger partial charge in [-0.3, -0.25) is 15.1 Å². The van der Waals surface area contributed by atoms with E-state index in [0.29, 0.717) is 16.9 Å². The van der Waals surface area contributed by atoms with Gasteiger partial charge in [0.05, 0.1) is 5.04 Å². The molecular weight excluding hydrogens is 418 g/mol. The topological polar surface area (TPSA) is 72.3 Å². The molecule has 0 unspecified atom stereocenters. The molecule has 1 aliphatic carbocycles. The Labute approximate surface area is 195 Å². The number of rotatable bonds is 5. The Kier molecular flexibility index (Phi) is 7.28. The molecule has 1 saturated heterocycles. The maximum Gasteiger partial charge on any atom is 0.228 e. The molecule has 0 bridgehead atoms. The molecule has 0 radical (unpaired) electrons. The number of fused-ring (bicyclic) bond motifs is 1. The van der Waals surface area contributed by atoms with Gasteiger partial charge in [0.2, 0.25) is 5.91 Å².